The Morgan fingerprint density at radius 1 is 1.47 bits per heavy atom. The maximum Gasteiger partial charge on any atom is 0.422 e. The smallest absolute Gasteiger partial charge is 0.422 e. The molecular weight excluding hydrogens is 436 g/mol. The van der Waals surface area contributed by atoms with Crippen LogP contribution in [0, 0.1) is 11.3 Å². The second kappa shape index (κ2) is 6.54. The summed E-state index contributed by atoms with van der Waals surface area (Å²) in [7, 11) is -2.94. The molecule has 0 saturated heterocycles. The Kier molecular flexibility index (Phi) is 4.33. The lowest BCUT2D eigenvalue weighted by atomic mass is 10.3. The van der Waals surface area contributed by atoms with Gasteiger partial charge in [0.2, 0.25) is 0 Å². The zero-order valence-corrected chi connectivity index (χ0v) is 17.0. The Hall–Kier alpha value is -3.44. The largest absolute Gasteiger partial charge is 0.464 e. The fourth-order valence-electron chi connectivity index (χ4n) is 3.11. The highest BCUT2D eigenvalue weighted by Crippen LogP contribution is 2.45. The minimum atomic E-state index is -4.62. The number of H-pyrrole nitrogens is 1. The lowest BCUT2D eigenvalue weighted by Crippen LogP contribution is -2.44. The van der Waals surface area contributed by atoms with Gasteiger partial charge in [-0.05, 0) is 18.9 Å². The van der Waals surface area contributed by atoms with Gasteiger partial charge in [-0.25, -0.2) is 9.59 Å². The van der Waals surface area contributed by atoms with E-state index in [4.69, 9.17) is 0 Å². The number of nitrogens with one attached hydrogen (secondary N) is 1. The summed E-state index contributed by atoms with van der Waals surface area (Å²) in [6.45, 7) is -0.0747. The molecule has 0 radical (unpaired) electrons. The van der Waals surface area contributed by atoms with Crippen LogP contribution < -0.4 is 11.2 Å². The van der Waals surface area contributed by atoms with Crippen molar-refractivity contribution in [2.75, 3.05) is 0 Å². The Bertz CT molecular complexity index is 1450. The molecule has 0 aromatic carbocycles. The van der Waals surface area contributed by atoms with Gasteiger partial charge in [0.15, 0.2) is 0 Å². The number of aromatic amines is 1. The van der Waals surface area contributed by atoms with E-state index in [1.165, 1.54) is 10.9 Å². The van der Waals surface area contributed by atoms with Crippen LogP contribution in [0.25, 0.3) is 10.2 Å². The van der Waals surface area contributed by atoms with Gasteiger partial charge in [-0.3, -0.25) is 19.0 Å². The molecule has 1 fully saturated rings. The number of rotatable bonds is 5. The monoisotopic (exact) mass is 450 g/mol. The minimum Gasteiger partial charge on any atom is -0.464 e. The van der Waals surface area contributed by atoms with Crippen LogP contribution >= 0.6 is 11.3 Å². The third-order valence-electron chi connectivity index (χ3n) is 4.74. The van der Waals surface area contributed by atoms with Crippen molar-refractivity contribution >= 4 is 37.7 Å². The van der Waals surface area contributed by atoms with Gasteiger partial charge >= 0.3 is 11.8 Å². The highest BCUT2D eigenvalue weighted by atomic mass is 32.2. The second-order valence-electron chi connectivity index (χ2n) is 6.85. The molecule has 1 saturated carbocycles. The number of sulfonamides is 1. The number of thiophene rings is 1. The number of hydrogen-bond donors (Lipinski definition) is 2. The van der Waals surface area contributed by atoms with Crippen molar-refractivity contribution in [2.45, 2.75) is 29.1 Å². The Labute approximate surface area is 172 Å². The van der Waals surface area contributed by atoms with Crippen molar-refractivity contribution < 1.29 is 18.3 Å². The number of carbonyl (C=O) groups is 1. The molecule has 0 spiro atoms. The van der Waals surface area contributed by atoms with Crippen molar-refractivity contribution in [2.24, 2.45) is 7.05 Å². The second-order valence-corrected chi connectivity index (χ2v) is 9.91. The van der Waals surface area contributed by atoms with Gasteiger partial charge in [-0.1, -0.05) is 0 Å². The summed E-state index contributed by atoms with van der Waals surface area (Å²) in [4.78, 5) is 39.3. The van der Waals surface area contributed by atoms with Gasteiger partial charge in [-0.2, -0.15) is 23.1 Å². The number of carboxylic acid groups (broad SMARTS) is 1. The first kappa shape index (κ1) is 19.9. The first-order valence-electron chi connectivity index (χ1n) is 8.53. The number of hydrogen-bond acceptors (Lipinski definition) is 8. The lowest BCUT2D eigenvalue weighted by Gasteiger charge is -2.22. The molecule has 0 bridgehead atoms. The maximum absolute atomic E-state index is 13.0. The van der Waals surface area contributed by atoms with Crippen LogP contribution in [0.4, 0.5) is 4.79 Å². The molecule has 1 aliphatic rings. The Morgan fingerprint density at radius 2 is 2.17 bits per heavy atom. The van der Waals surface area contributed by atoms with Crippen molar-refractivity contribution in [3.8, 4) is 6.07 Å². The summed E-state index contributed by atoms with van der Waals surface area (Å²) in [5.41, 5.74) is -2.52. The van der Waals surface area contributed by atoms with Gasteiger partial charge in [0.05, 0.1) is 24.2 Å². The summed E-state index contributed by atoms with van der Waals surface area (Å²) in [6.07, 6.45) is 1.51. The summed E-state index contributed by atoms with van der Waals surface area (Å²) in [6, 6.07) is 2.77. The average molecular weight is 450 g/mol. The fourth-order valence-corrected chi connectivity index (χ4v) is 6.12. The zero-order chi connectivity index (χ0) is 21.8. The molecule has 30 heavy (non-hydrogen) atoms. The van der Waals surface area contributed by atoms with E-state index in [1.807, 2.05) is 0 Å². The van der Waals surface area contributed by atoms with Crippen molar-refractivity contribution in [3.63, 3.8) is 0 Å². The number of nitrogens with zero attached hydrogens (tertiary/aromatic N) is 5. The Balaban J connectivity index is 1.83. The molecule has 12 nitrogen and oxygen atoms in total. The van der Waals surface area contributed by atoms with Crippen molar-refractivity contribution in [1.29, 1.82) is 5.26 Å². The molecule has 0 unspecified atom stereocenters. The number of amides is 1. The third-order valence-corrected chi connectivity index (χ3v) is 8.08. The predicted octanol–water partition coefficient (Wildman–Crippen LogP) is 0.258. The SMILES string of the molecule is Cn1cc(Cn2c(=O)[nH]c3sc(S(=O)(=O)N(C(=O)O)C4(C#N)CC4)cc3c2=O)cn1. The quantitative estimate of drug-likeness (QED) is 0.557. The van der Waals surface area contributed by atoms with Gasteiger partial charge in [0.1, 0.15) is 14.6 Å². The first-order chi connectivity index (χ1) is 14.1. The average Bonchev–Trinajstić information content (AvgIpc) is 3.11. The van der Waals surface area contributed by atoms with E-state index in [0.717, 1.165) is 10.6 Å². The number of aryl methyl sites for hydroxylation is 1. The van der Waals surface area contributed by atoms with E-state index >= 15 is 0 Å². The standard InChI is InChI=1S/C16H14N6O6S2/c1-20-6-9(5-18-20)7-21-13(23)10-4-11(29-12(10)19-14(21)24)30(27,28)22(15(25)26)16(8-17)2-3-16/h4-6H,2-3,7H2,1H3,(H,19,24)(H,25,26). The summed E-state index contributed by atoms with van der Waals surface area (Å²) < 4.78 is 28.0. The van der Waals surface area contributed by atoms with Crippen LogP contribution in [0.1, 0.15) is 18.4 Å². The molecule has 0 aliphatic heterocycles. The van der Waals surface area contributed by atoms with E-state index in [1.54, 1.807) is 19.3 Å². The molecule has 14 heteroatoms. The molecule has 3 aromatic heterocycles. The van der Waals surface area contributed by atoms with E-state index in [9.17, 15) is 33.2 Å². The number of nitriles is 1. The van der Waals surface area contributed by atoms with E-state index in [0.29, 0.717) is 16.9 Å². The van der Waals surface area contributed by atoms with Crippen LogP contribution in [-0.4, -0.2) is 48.8 Å². The van der Waals surface area contributed by atoms with Gasteiger partial charge < -0.3 is 5.11 Å². The molecule has 1 aliphatic carbocycles. The molecule has 0 atom stereocenters. The molecule has 4 rings (SSSR count). The van der Waals surface area contributed by atoms with Crippen molar-refractivity contribution in [3.05, 3.63) is 44.9 Å². The normalized spacial score (nSPS) is 15.1. The van der Waals surface area contributed by atoms with Crippen LogP contribution in [0.3, 0.4) is 0 Å². The van der Waals surface area contributed by atoms with E-state index in [2.05, 4.69) is 10.1 Å². The van der Waals surface area contributed by atoms with Gasteiger partial charge in [0, 0.05) is 18.8 Å². The molecule has 156 valence electrons. The zero-order valence-electron chi connectivity index (χ0n) is 15.4. The Morgan fingerprint density at radius 3 is 2.70 bits per heavy atom. The molecular formula is C16H14N6O6S2. The first-order valence-corrected chi connectivity index (χ1v) is 10.8. The molecule has 3 heterocycles. The van der Waals surface area contributed by atoms with Crippen molar-refractivity contribution in [1.82, 2.24) is 23.6 Å². The molecule has 1 amide bonds. The summed E-state index contributed by atoms with van der Waals surface area (Å²) in [5.74, 6) is 0. The summed E-state index contributed by atoms with van der Waals surface area (Å²) >= 11 is 0.564. The van der Waals surface area contributed by atoms with Gasteiger partial charge in [0.25, 0.3) is 15.6 Å². The lowest BCUT2D eigenvalue weighted by molar-refractivity contribution is 0.164. The summed E-state index contributed by atoms with van der Waals surface area (Å²) in [5, 5.41) is 22.6. The predicted molar refractivity (Wildman–Crippen MR) is 104 cm³/mol. The maximum atomic E-state index is 13.0. The van der Waals surface area contributed by atoms with E-state index in [-0.39, 0.29) is 33.9 Å². The highest BCUT2D eigenvalue weighted by Gasteiger charge is 2.57. The molecule has 3 aromatic rings. The van der Waals surface area contributed by atoms with Gasteiger partial charge in [-0.15, -0.1) is 11.3 Å². The highest BCUT2D eigenvalue weighted by molar-refractivity contribution is 7.92. The fraction of sp³-hybridized carbons (Fsp3) is 0.312. The topological polar surface area (TPSA) is 171 Å². The number of aromatic nitrogens is 4. The van der Waals surface area contributed by atoms with Crippen LogP contribution in [0.5, 0.6) is 0 Å². The number of fused-ring (bicyclic) bond motifs is 1. The molecule has 2 N–H and O–H groups in total. The van der Waals surface area contributed by atoms with E-state index < -0.39 is 37.1 Å². The van der Waals surface area contributed by atoms with Crippen LogP contribution in [0.2, 0.25) is 0 Å². The third kappa shape index (κ3) is 2.99. The minimum absolute atomic E-state index is 0.00171. The van der Waals surface area contributed by atoms with Crippen LogP contribution in [0.15, 0.2) is 32.3 Å². The van der Waals surface area contributed by atoms with Crippen LogP contribution in [-0.2, 0) is 23.6 Å².